The number of anilines is 2. The maximum absolute atomic E-state index is 12.5. The fraction of sp³-hybridized carbons (Fsp3) is 0.400. The monoisotopic (exact) mass is 434 g/mol. The Balaban J connectivity index is 1.23. The molecule has 7 nitrogen and oxygen atoms in total. The van der Waals surface area contributed by atoms with E-state index in [4.69, 9.17) is 5.73 Å². The van der Waals surface area contributed by atoms with Crippen LogP contribution in [-0.4, -0.2) is 42.3 Å². The number of rotatable bonds is 8. The molecule has 0 radical (unpaired) electrons. The van der Waals surface area contributed by atoms with Crippen LogP contribution < -0.4 is 16.4 Å². The summed E-state index contributed by atoms with van der Waals surface area (Å²) in [7, 11) is 0. The molecule has 7 heteroatoms. The molecule has 0 aromatic heterocycles. The highest BCUT2D eigenvalue weighted by Gasteiger charge is 2.29. The molecule has 32 heavy (non-hydrogen) atoms. The zero-order chi connectivity index (χ0) is 22.5. The van der Waals surface area contributed by atoms with Crippen LogP contribution in [0.5, 0.6) is 0 Å². The summed E-state index contributed by atoms with van der Waals surface area (Å²) < 4.78 is 0. The largest absolute Gasteiger partial charge is 0.369 e. The molecule has 4 N–H and O–H groups in total. The van der Waals surface area contributed by atoms with Crippen molar-refractivity contribution in [2.45, 2.75) is 32.1 Å². The van der Waals surface area contributed by atoms with Crippen molar-refractivity contribution < 1.29 is 14.4 Å². The van der Waals surface area contributed by atoms with Crippen LogP contribution in [0, 0.1) is 11.8 Å². The fourth-order valence-corrected chi connectivity index (χ4v) is 3.98. The van der Waals surface area contributed by atoms with Gasteiger partial charge in [0.15, 0.2) is 0 Å². The summed E-state index contributed by atoms with van der Waals surface area (Å²) >= 11 is 0. The molecule has 1 heterocycles. The van der Waals surface area contributed by atoms with E-state index in [1.165, 1.54) is 5.56 Å². The van der Waals surface area contributed by atoms with Gasteiger partial charge in [0.2, 0.25) is 11.8 Å². The summed E-state index contributed by atoms with van der Waals surface area (Å²) in [6.07, 6.45) is 4.52. The quantitative estimate of drug-likeness (QED) is 0.594. The van der Waals surface area contributed by atoms with Crippen molar-refractivity contribution in [3.05, 3.63) is 59.7 Å². The third-order valence-electron chi connectivity index (χ3n) is 6.28. The topological polar surface area (TPSA) is 105 Å². The van der Waals surface area contributed by atoms with E-state index in [1.54, 1.807) is 24.3 Å². The van der Waals surface area contributed by atoms with Crippen LogP contribution in [0.25, 0.3) is 0 Å². The normalized spacial score (nSPS) is 17.0. The first-order valence-corrected chi connectivity index (χ1v) is 11.3. The summed E-state index contributed by atoms with van der Waals surface area (Å²) in [6, 6.07) is 14.8. The molecule has 0 spiro atoms. The number of nitrogens with zero attached hydrogens (tertiary/aromatic N) is 1. The Morgan fingerprint density at radius 2 is 1.41 bits per heavy atom. The Morgan fingerprint density at radius 3 is 2.00 bits per heavy atom. The van der Waals surface area contributed by atoms with Gasteiger partial charge >= 0.3 is 0 Å². The number of carbonyl (C=O) groups is 3. The van der Waals surface area contributed by atoms with Gasteiger partial charge in [-0.15, -0.1) is 0 Å². The molecule has 1 saturated carbocycles. The van der Waals surface area contributed by atoms with Gasteiger partial charge in [0, 0.05) is 35.3 Å². The Kier molecular flexibility index (Phi) is 6.85. The van der Waals surface area contributed by atoms with E-state index in [2.05, 4.69) is 15.5 Å². The summed E-state index contributed by atoms with van der Waals surface area (Å²) in [5.41, 5.74) is 8.59. The highest BCUT2D eigenvalue weighted by Crippen LogP contribution is 2.30. The van der Waals surface area contributed by atoms with E-state index in [-0.39, 0.29) is 29.6 Å². The second kappa shape index (κ2) is 9.96. The maximum atomic E-state index is 12.5. The van der Waals surface area contributed by atoms with Gasteiger partial charge in [0.05, 0.1) is 0 Å². The van der Waals surface area contributed by atoms with Gasteiger partial charge in [-0.05, 0) is 87.2 Å². The lowest BCUT2D eigenvalue weighted by Crippen LogP contribution is -2.39. The molecule has 3 amide bonds. The van der Waals surface area contributed by atoms with E-state index in [0.717, 1.165) is 57.4 Å². The first-order chi connectivity index (χ1) is 15.5. The second-order valence-electron chi connectivity index (χ2n) is 8.76. The second-order valence-corrected chi connectivity index (χ2v) is 8.76. The molecule has 0 bridgehead atoms. The minimum Gasteiger partial charge on any atom is -0.369 e. The van der Waals surface area contributed by atoms with Crippen LogP contribution in [0.15, 0.2) is 48.5 Å². The highest BCUT2D eigenvalue weighted by molar-refractivity contribution is 6.04. The van der Waals surface area contributed by atoms with Crippen LogP contribution >= 0.6 is 0 Å². The van der Waals surface area contributed by atoms with Gasteiger partial charge in [-0.2, -0.15) is 0 Å². The zero-order valence-electron chi connectivity index (χ0n) is 18.2. The van der Waals surface area contributed by atoms with Crippen LogP contribution in [-0.2, 0) is 16.0 Å². The summed E-state index contributed by atoms with van der Waals surface area (Å²) in [5, 5.41) is 5.79. The fourth-order valence-electron chi connectivity index (χ4n) is 3.98. The Hall–Kier alpha value is -3.19. The van der Waals surface area contributed by atoms with Crippen molar-refractivity contribution in [1.82, 2.24) is 4.90 Å². The number of nitrogens with one attached hydrogen (secondary N) is 2. The van der Waals surface area contributed by atoms with Crippen LogP contribution in [0.4, 0.5) is 11.4 Å². The molecular formula is C25H30N4O3. The minimum atomic E-state index is -0.185. The van der Waals surface area contributed by atoms with Crippen molar-refractivity contribution in [1.29, 1.82) is 0 Å². The number of hydrogen-bond donors (Lipinski definition) is 3. The van der Waals surface area contributed by atoms with Crippen LogP contribution in [0.1, 0.15) is 41.6 Å². The molecule has 2 aliphatic rings. The van der Waals surface area contributed by atoms with Crippen molar-refractivity contribution in [3.63, 3.8) is 0 Å². The smallest absolute Gasteiger partial charge is 0.255 e. The molecule has 1 aliphatic heterocycles. The SMILES string of the molecule is NC(=O)C1CCN(CCc2ccc(NC(=O)c3ccc(NC(=O)C4CC4)cc3)cc2)CC1. The molecular weight excluding hydrogens is 404 g/mol. The zero-order valence-corrected chi connectivity index (χ0v) is 18.2. The van der Waals surface area contributed by atoms with Crippen molar-refractivity contribution in [2.24, 2.45) is 17.6 Å². The first kappa shape index (κ1) is 22.0. The molecule has 2 fully saturated rings. The van der Waals surface area contributed by atoms with E-state index in [1.807, 2.05) is 24.3 Å². The number of primary amides is 1. The number of benzene rings is 2. The Morgan fingerprint density at radius 1 is 0.812 bits per heavy atom. The molecule has 2 aromatic rings. The number of likely N-dealkylation sites (tertiary alicyclic amines) is 1. The number of piperidine rings is 1. The Bertz CT molecular complexity index is 960. The number of carbonyl (C=O) groups excluding carboxylic acids is 3. The average molecular weight is 435 g/mol. The lowest BCUT2D eigenvalue weighted by Gasteiger charge is -2.30. The number of amides is 3. The van der Waals surface area contributed by atoms with Gasteiger partial charge in [-0.25, -0.2) is 0 Å². The Labute approximate surface area is 188 Å². The van der Waals surface area contributed by atoms with E-state index >= 15 is 0 Å². The molecule has 2 aromatic carbocycles. The molecule has 168 valence electrons. The first-order valence-electron chi connectivity index (χ1n) is 11.3. The average Bonchev–Trinajstić information content (AvgIpc) is 3.65. The maximum Gasteiger partial charge on any atom is 0.255 e. The molecule has 0 unspecified atom stereocenters. The molecule has 0 atom stereocenters. The minimum absolute atomic E-state index is 0.0202. The standard InChI is InChI=1S/C25H30N4O3/c26-23(30)18-12-15-29(16-13-18)14-11-17-1-7-21(8-2-17)27-25(32)20-5-9-22(10-6-20)28-24(31)19-3-4-19/h1-2,5-10,18-19H,3-4,11-16H2,(H2,26,30)(H,27,32)(H,28,31). The van der Waals surface area contributed by atoms with E-state index < -0.39 is 0 Å². The van der Waals surface area contributed by atoms with Gasteiger partial charge in [0.1, 0.15) is 0 Å². The third kappa shape index (κ3) is 5.95. The third-order valence-corrected chi connectivity index (χ3v) is 6.28. The molecule has 1 aliphatic carbocycles. The highest BCUT2D eigenvalue weighted by atomic mass is 16.2. The summed E-state index contributed by atoms with van der Waals surface area (Å²) in [6.45, 7) is 2.76. The predicted octanol–water partition coefficient (Wildman–Crippen LogP) is 3.03. The number of nitrogens with two attached hydrogens (primary N) is 1. The van der Waals surface area contributed by atoms with Gasteiger partial charge in [-0.3, -0.25) is 14.4 Å². The van der Waals surface area contributed by atoms with E-state index in [9.17, 15) is 14.4 Å². The van der Waals surface area contributed by atoms with Crippen LogP contribution in [0.3, 0.4) is 0 Å². The van der Waals surface area contributed by atoms with Crippen LogP contribution in [0.2, 0.25) is 0 Å². The van der Waals surface area contributed by atoms with Gasteiger partial charge in [-0.1, -0.05) is 12.1 Å². The molecule has 4 rings (SSSR count). The van der Waals surface area contributed by atoms with E-state index in [0.29, 0.717) is 11.3 Å². The van der Waals surface area contributed by atoms with Gasteiger partial charge in [0.25, 0.3) is 5.91 Å². The van der Waals surface area contributed by atoms with Crippen molar-refractivity contribution in [2.75, 3.05) is 30.3 Å². The lowest BCUT2D eigenvalue weighted by molar-refractivity contribution is -0.123. The van der Waals surface area contributed by atoms with Crippen molar-refractivity contribution in [3.8, 4) is 0 Å². The molecule has 1 saturated heterocycles. The van der Waals surface area contributed by atoms with Crippen molar-refractivity contribution >= 4 is 29.1 Å². The number of hydrogen-bond acceptors (Lipinski definition) is 4. The summed E-state index contributed by atoms with van der Waals surface area (Å²) in [4.78, 5) is 38.0. The van der Waals surface area contributed by atoms with Gasteiger partial charge < -0.3 is 21.3 Å². The lowest BCUT2D eigenvalue weighted by atomic mass is 9.96. The predicted molar refractivity (Wildman–Crippen MR) is 124 cm³/mol. The summed E-state index contributed by atoms with van der Waals surface area (Å²) in [5.74, 6) is -0.145.